The highest BCUT2D eigenvalue weighted by Gasteiger charge is 2.09. The Hall–Kier alpha value is -1.55. The molecule has 0 fully saturated rings. The third kappa shape index (κ3) is 6.57. The molecule has 0 radical (unpaired) electrons. The molecule has 0 aromatic heterocycles. The Kier molecular flexibility index (Phi) is 7.73. The molecule has 1 amide bonds. The van der Waals surface area contributed by atoms with Crippen LogP contribution in [0.1, 0.15) is 31.7 Å². The van der Waals surface area contributed by atoms with Crippen LogP contribution >= 0.6 is 0 Å². The molecule has 1 aromatic carbocycles. The Bertz CT molecular complexity index is 383. The van der Waals surface area contributed by atoms with Crippen molar-refractivity contribution in [2.45, 2.75) is 33.1 Å². The summed E-state index contributed by atoms with van der Waals surface area (Å²) in [6, 6.07) is 7.61. The average molecular weight is 279 g/mol. The molecule has 1 atom stereocenters. The second-order valence-corrected chi connectivity index (χ2v) is 5.07. The van der Waals surface area contributed by atoms with Crippen LogP contribution in [0.15, 0.2) is 24.3 Å². The van der Waals surface area contributed by atoms with E-state index in [4.69, 9.17) is 9.84 Å². The summed E-state index contributed by atoms with van der Waals surface area (Å²) in [6.07, 6.45) is 2.80. The molecule has 1 rings (SSSR count). The van der Waals surface area contributed by atoms with Gasteiger partial charge >= 0.3 is 0 Å². The van der Waals surface area contributed by atoms with Crippen LogP contribution in [0, 0.1) is 12.8 Å². The molecule has 4 nitrogen and oxygen atoms in total. The summed E-state index contributed by atoms with van der Waals surface area (Å²) in [5, 5.41) is 11.8. The number of aliphatic hydroxyl groups excluding tert-OH is 1. The summed E-state index contributed by atoms with van der Waals surface area (Å²) in [5.41, 5.74) is 1.16. The lowest BCUT2D eigenvalue weighted by Gasteiger charge is -2.15. The van der Waals surface area contributed by atoms with Crippen LogP contribution in [-0.4, -0.2) is 30.8 Å². The molecular formula is C16H25NO3. The highest BCUT2D eigenvalue weighted by atomic mass is 16.5. The van der Waals surface area contributed by atoms with Crippen LogP contribution in [0.3, 0.4) is 0 Å². The first-order valence-electron chi connectivity index (χ1n) is 7.22. The SMILES string of the molecule is CCCC(CCO)CNC(=O)COc1ccc(C)cc1. The van der Waals surface area contributed by atoms with Crippen molar-refractivity contribution < 1.29 is 14.6 Å². The third-order valence-corrected chi connectivity index (χ3v) is 3.21. The molecule has 0 aliphatic heterocycles. The van der Waals surface area contributed by atoms with Gasteiger partial charge in [-0.15, -0.1) is 0 Å². The van der Waals surface area contributed by atoms with E-state index in [9.17, 15) is 4.79 Å². The van der Waals surface area contributed by atoms with E-state index in [1.54, 1.807) is 0 Å². The van der Waals surface area contributed by atoms with Crippen LogP contribution in [0.2, 0.25) is 0 Å². The Balaban J connectivity index is 2.27. The van der Waals surface area contributed by atoms with Gasteiger partial charge in [0, 0.05) is 13.2 Å². The van der Waals surface area contributed by atoms with Gasteiger partial charge in [-0.1, -0.05) is 31.0 Å². The minimum Gasteiger partial charge on any atom is -0.484 e. The maximum atomic E-state index is 11.7. The molecule has 20 heavy (non-hydrogen) atoms. The van der Waals surface area contributed by atoms with Crippen LogP contribution in [0.25, 0.3) is 0 Å². The smallest absolute Gasteiger partial charge is 0.257 e. The summed E-state index contributed by atoms with van der Waals surface area (Å²) >= 11 is 0. The first-order chi connectivity index (χ1) is 9.65. The molecule has 4 heteroatoms. The highest BCUT2D eigenvalue weighted by Crippen LogP contribution is 2.11. The predicted octanol–water partition coefficient (Wildman–Crippen LogP) is 2.29. The molecule has 0 aliphatic carbocycles. The molecule has 2 N–H and O–H groups in total. The van der Waals surface area contributed by atoms with Crippen molar-refractivity contribution in [2.24, 2.45) is 5.92 Å². The van der Waals surface area contributed by atoms with E-state index in [0.717, 1.165) is 24.8 Å². The zero-order chi connectivity index (χ0) is 14.8. The maximum absolute atomic E-state index is 11.7. The maximum Gasteiger partial charge on any atom is 0.257 e. The average Bonchev–Trinajstić information content (AvgIpc) is 2.44. The zero-order valence-corrected chi connectivity index (χ0v) is 12.4. The molecule has 0 heterocycles. The number of aliphatic hydroxyl groups is 1. The minimum atomic E-state index is -0.121. The van der Waals surface area contributed by atoms with E-state index in [1.807, 2.05) is 31.2 Å². The van der Waals surface area contributed by atoms with Gasteiger partial charge in [-0.05, 0) is 37.8 Å². The van der Waals surface area contributed by atoms with Crippen molar-refractivity contribution in [3.63, 3.8) is 0 Å². The van der Waals surface area contributed by atoms with Gasteiger partial charge in [-0.25, -0.2) is 0 Å². The first-order valence-corrected chi connectivity index (χ1v) is 7.22. The van der Waals surface area contributed by atoms with Crippen molar-refractivity contribution in [3.8, 4) is 5.75 Å². The van der Waals surface area contributed by atoms with Crippen LogP contribution in [0.5, 0.6) is 5.75 Å². The van der Waals surface area contributed by atoms with Crippen molar-refractivity contribution >= 4 is 5.91 Å². The van der Waals surface area contributed by atoms with Gasteiger partial charge < -0.3 is 15.2 Å². The summed E-state index contributed by atoms with van der Waals surface area (Å²) in [5.74, 6) is 0.921. The molecular weight excluding hydrogens is 254 g/mol. The number of carbonyl (C=O) groups excluding carboxylic acids is 1. The van der Waals surface area contributed by atoms with Gasteiger partial charge in [-0.3, -0.25) is 4.79 Å². The van der Waals surface area contributed by atoms with Gasteiger partial charge in [0.05, 0.1) is 0 Å². The standard InChI is InChI=1S/C16H25NO3/c1-3-4-14(9-10-18)11-17-16(19)12-20-15-7-5-13(2)6-8-15/h5-8,14,18H,3-4,9-12H2,1-2H3,(H,17,19). The second kappa shape index (κ2) is 9.37. The number of nitrogens with one attached hydrogen (secondary N) is 1. The number of hydrogen-bond acceptors (Lipinski definition) is 3. The molecule has 0 saturated carbocycles. The van der Waals surface area contributed by atoms with Crippen molar-refractivity contribution in [2.75, 3.05) is 19.8 Å². The van der Waals surface area contributed by atoms with E-state index < -0.39 is 0 Å². The summed E-state index contributed by atoms with van der Waals surface area (Å²) in [4.78, 5) is 11.7. The molecule has 1 aromatic rings. The normalized spacial score (nSPS) is 11.9. The zero-order valence-electron chi connectivity index (χ0n) is 12.4. The van der Waals surface area contributed by atoms with Gasteiger partial charge in [0.2, 0.25) is 0 Å². The second-order valence-electron chi connectivity index (χ2n) is 5.07. The van der Waals surface area contributed by atoms with Crippen molar-refractivity contribution in [1.82, 2.24) is 5.32 Å². The van der Waals surface area contributed by atoms with Gasteiger partial charge in [-0.2, -0.15) is 0 Å². The van der Waals surface area contributed by atoms with Crippen LogP contribution in [0.4, 0.5) is 0 Å². The lowest BCUT2D eigenvalue weighted by atomic mass is 10.0. The molecule has 0 bridgehead atoms. The number of benzene rings is 1. The monoisotopic (exact) mass is 279 g/mol. The lowest BCUT2D eigenvalue weighted by molar-refractivity contribution is -0.123. The van der Waals surface area contributed by atoms with E-state index in [0.29, 0.717) is 18.2 Å². The van der Waals surface area contributed by atoms with E-state index in [1.165, 1.54) is 0 Å². The van der Waals surface area contributed by atoms with E-state index in [2.05, 4.69) is 12.2 Å². The highest BCUT2D eigenvalue weighted by molar-refractivity contribution is 5.77. The van der Waals surface area contributed by atoms with Gasteiger partial charge in [0.25, 0.3) is 5.91 Å². The third-order valence-electron chi connectivity index (χ3n) is 3.21. The van der Waals surface area contributed by atoms with E-state index >= 15 is 0 Å². The fraction of sp³-hybridized carbons (Fsp3) is 0.562. The Morgan fingerprint density at radius 3 is 2.60 bits per heavy atom. The molecule has 112 valence electrons. The van der Waals surface area contributed by atoms with Gasteiger partial charge in [0.15, 0.2) is 6.61 Å². The summed E-state index contributed by atoms with van der Waals surface area (Å²) in [6.45, 7) is 4.91. The number of hydrogen-bond donors (Lipinski definition) is 2. The van der Waals surface area contributed by atoms with Crippen molar-refractivity contribution in [3.05, 3.63) is 29.8 Å². The minimum absolute atomic E-state index is 0.0288. The van der Waals surface area contributed by atoms with Gasteiger partial charge in [0.1, 0.15) is 5.75 Å². The number of ether oxygens (including phenoxy) is 1. The number of rotatable bonds is 9. The Morgan fingerprint density at radius 2 is 2.00 bits per heavy atom. The van der Waals surface area contributed by atoms with E-state index in [-0.39, 0.29) is 19.1 Å². The number of amides is 1. The quantitative estimate of drug-likeness (QED) is 0.729. The fourth-order valence-electron chi connectivity index (χ4n) is 2.03. The summed E-state index contributed by atoms with van der Waals surface area (Å²) in [7, 11) is 0. The lowest BCUT2D eigenvalue weighted by Crippen LogP contribution is -2.33. The topological polar surface area (TPSA) is 58.6 Å². The van der Waals surface area contributed by atoms with Crippen LogP contribution in [-0.2, 0) is 4.79 Å². The molecule has 0 spiro atoms. The molecule has 0 aliphatic rings. The van der Waals surface area contributed by atoms with Crippen molar-refractivity contribution in [1.29, 1.82) is 0 Å². The molecule has 1 unspecified atom stereocenters. The predicted molar refractivity (Wildman–Crippen MR) is 79.8 cm³/mol. The fourth-order valence-corrected chi connectivity index (χ4v) is 2.03. The van der Waals surface area contributed by atoms with Crippen LogP contribution < -0.4 is 10.1 Å². The number of aryl methyl sites for hydroxylation is 1. The Morgan fingerprint density at radius 1 is 1.30 bits per heavy atom. The Labute approximate surface area is 121 Å². The summed E-state index contributed by atoms with van der Waals surface area (Å²) < 4.78 is 5.41. The molecule has 0 saturated heterocycles. The number of carbonyl (C=O) groups is 1. The first kappa shape index (κ1) is 16.5. The largest absolute Gasteiger partial charge is 0.484 e.